The maximum Gasteiger partial charge on any atom is 0.191 e. The Morgan fingerprint density at radius 2 is 1.62 bits per heavy atom. The molecule has 0 unspecified atom stereocenters. The Labute approximate surface area is 166 Å². The minimum atomic E-state index is 0. The second-order valence-electron chi connectivity index (χ2n) is 5.81. The monoisotopic (exact) mass is 457 g/mol. The van der Waals surface area contributed by atoms with Gasteiger partial charge in [-0.05, 0) is 45.9 Å². The zero-order chi connectivity index (χ0) is 17.3. The van der Waals surface area contributed by atoms with Gasteiger partial charge < -0.3 is 25.2 Å². The molecule has 0 heterocycles. The lowest BCUT2D eigenvalue weighted by Crippen LogP contribution is -2.41. The Morgan fingerprint density at radius 1 is 0.958 bits per heavy atom. The van der Waals surface area contributed by atoms with Crippen molar-refractivity contribution in [2.75, 3.05) is 73.6 Å². The average molecular weight is 457 g/mol. The van der Waals surface area contributed by atoms with Gasteiger partial charge in [-0.2, -0.15) is 0 Å². The molecule has 0 atom stereocenters. The average Bonchev–Trinajstić information content (AvgIpc) is 2.56. The lowest BCUT2D eigenvalue weighted by atomic mass is 10.3. The van der Waals surface area contributed by atoms with E-state index in [0.29, 0.717) is 0 Å². The topological polar surface area (TPSA) is 52.1 Å². The zero-order valence-electron chi connectivity index (χ0n) is 16.4. The van der Waals surface area contributed by atoms with E-state index in [2.05, 4.69) is 46.3 Å². The van der Waals surface area contributed by atoms with Gasteiger partial charge in [0.2, 0.25) is 0 Å². The third-order valence-electron chi connectivity index (χ3n) is 3.99. The summed E-state index contributed by atoms with van der Waals surface area (Å²) in [5.74, 6) is 0.901. The van der Waals surface area contributed by atoms with Crippen molar-refractivity contribution in [1.29, 1.82) is 0 Å². The third-order valence-corrected chi connectivity index (χ3v) is 3.99. The van der Waals surface area contributed by atoms with Crippen LogP contribution < -0.4 is 10.6 Å². The molecular formula is C17H40IN5O. The van der Waals surface area contributed by atoms with Gasteiger partial charge in [-0.25, -0.2) is 0 Å². The third kappa shape index (κ3) is 15.4. The van der Waals surface area contributed by atoms with Crippen molar-refractivity contribution in [2.45, 2.75) is 33.1 Å². The van der Waals surface area contributed by atoms with E-state index in [-0.39, 0.29) is 24.0 Å². The van der Waals surface area contributed by atoms with E-state index >= 15 is 0 Å². The van der Waals surface area contributed by atoms with Crippen LogP contribution >= 0.6 is 24.0 Å². The van der Waals surface area contributed by atoms with Gasteiger partial charge in [0.25, 0.3) is 0 Å². The Hall–Kier alpha value is -0.120. The summed E-state index contributed by atoms with van der Waals surface area (Å²) >= 11 is 0. The van der Waals surface area contributed by atoms with Crippen LogP contribution in [0.15, 0.2) is 4.99 Å². The van der Waals surface area contributed by atoms with E-state index in [4.69, 9.17) is 4.74 Å². The highest BCUT2D eigenvalue weighted by Crippen LogP contribution is 1.94. The van der Waals surface area contributed by atoms with Crippen LogP contribution in [0.4, 0.5) is 0 Å². The van der Waals surface area contributed by atoms with Crippen LogP contribution in [0.2, 0.25) is 0 Å². The van der Waals surface area contributed by atoms with Gasteiger partial charge in [0.05, 0.1) is 0 Å². The summed E-state index contributed by atoms with van der Waals surface area (Å²) in [5, 5.41) is 6.76. The van der Waals surface area contributed by atoms with Crippen LogP contribution in [0, 0.1) is 0 Å². The van der Waals surface area contributed by atoms with Gasteiger partial charge in [-0.1, -0.05) is 13.8 Å². The highest BCUT2D eigenvalue weighted by Gasteiger charge is 2.01. The second kappa shape index (κ2) is 19.2. The standard InChI is InChI=1S/C17H39N5O.HI/c1-6-22(7-2)14-9-8-11-19-17(18-3)20-12-15-21(4)13-10-16-23-5;/h6-16H2,1-5H3,(H2,18,19,20);1H. The lowest BCUT2D eigenvalue weighted by molar-refractivity contribution is 0.180. The summed E-state index contributed by atoms with van der Waals surface area (Å²) in [4.78, 5) is 9.04. The van der Waals surface area contributed by atoms with E-state index in [1.165, 1.54) is 19.4 Å². The molecule has 0 amide bonds. The number of methoxy groups -OCH3 is 1. The van der Waals surface area contributed by atoms with Crippen LogP contribution in [-0.2, 0) is 4.74 Å². The molecule has 0 saturated carbocycles. The Balaban J connectivity index is 0. The molecule has 0 saturated heterocycles. The summed E-state index contributed by atoms with van der Waals surface area (Å²) in [6, 6.07) is 0. The smallest absolute Gasteiger partial charge is 0.191 e. The number of unbranched alkanes of at least 4 members (excludes halogenated alkanes) is 1. The van der Waals surface area contributed by atoms with Gasteiger partial charge in [0.15, 0.2) is 5.96 Å². The molecule has 0 aromatic carbocycles. The number of hydrogen-bond donors (Lipinski definition) is 2. The van der Waals surface area contributed by atoms with E-state index in [1.807, 2.05) is 7.05 Å². The van der Waals surface area contributed by atoms with E-state index < -0.39 is 0 Å². The van der Waals surface area contributed by atoms with Crippen LogP contribution in [-0.4, -0.2) is 89.4 Å². The molecule has 0 aliphatic carbocycles. The molecule has 0 aromatic rings. The predicted octanol–water partition coefficient (Wildman–Crippen LogP) is 1.86. The number of hydrogen-bond acceptors (Lipinski definition) is 4. The largest absolute Gasteiger partial charge is 0.385 e. The van der Waals surface area contributed by atoms with Crippen molar-refractivity contribution in [1.82, 2.24) is 20.4 Å². The molecule has 0 aromatic heterocycles. The first-order valence-electron chi connectivity index (χ1n) is 9.02. The van der Waals surface area contributed by atoms with Gasteiger partial charge in [0, 0.05) is 46.9 Å². The fourth-order valence-corrected chi connectivity index (χ4v) is 2.38. The Kier molecular flexibility index (Phi) is 20.9. The normalized spacial score (nSPS) is 11.7. The Bertz CT molecular complexity index is 288. The minimum absolute atomic E-state index is 0. The SMILES string of the molecule is CCN(CC)CCCCNC(=NC)NCCN(C)CCCOC.I. The molecule has 0 spiro atoms. The summed E-state index contributed by atoms with van der Waals surface area (Å²) in [6.07, 6.45) is 3.48. The van der Waals surface area contributed by atoms with Crippen LogP contribution in [0.5, 0.6) is 0 Å². The van der Waals surface area contributed by atoms with Crippen molar-refractivity contribution in [3.8, 4) is 0 Å². The van der Waals surface area contributed by atoms with Crippen LogP contribution in [0.3, 0.4) is 0 Å². The highest BCUT2D eigenvalue weighted by molar-refractivity contribution is 14.0. The number of rotatable bonds is 14. The van der Waals surface area contributed by atoms with E-state index in [0.717, 1.165) is 58.3 Å². The van der Waals surface area contributed by atoms with Crippen molar-refractivity contribution in [3.05, 3.63) is 0 Å². The van der Waals surface area contributed by atoms with Gasteiger partial charge in [0.1, 0.15) is 0 Å². The van der Waals surface area contributed by atoms with Crippen LogP contribution in [0.1, 0.15) is 33.1 Å². The molecule has 0 radical (unpaired) electrons. The van der Waals surface area contributed by atoms with E-state index in [1.54, 1.807) is 7.11 Å². The van der Waals surface area contributed by atoms with Crippen molar-refractivity contribution in [3.63, 3.8) is 0 Å². The fraction of sp³-hybridized carbons (Fsp3) is 0.941. The molecular weight excluding hydrogens is 417 g/mol. The molecule has 0 rings (SSSR count). The van der Waals surface area contributed by atoms with Gasteiger partial charge in [-0.3, -0.25) is 4.99 Å². The number of nitrogens with one attached hydrogen (secondary N) is 2. The minimum Gasteiger partial charge on any atom is -0.385 e. The molecule has 7 heteroatoms. The molecule has 0 aliphatic heterocycles. The van der Waals surface area contributed by atoms with Gasteiger partial charge in [-0.15, -0.1) is 24.0 Å². The summed E-state index contributed by atoms with van der Waals surface area (Å²) < 4.78 is 5.07. The first kappa shape index (κ1) is 26.1. The highest BCUT2D eigenvalue weighted by atomic mass is 127. The molecule has 6 nitrogen and oxygen atoms in total. The maximum atomic E-state index is 5.07. The number of ether oxygens (including phenoxy) is 1. The van der Waals surface area contributed by atoms with Gasteiger partial charge >= 0.3 is 0 Å². The molecule has 0 bridgehead atoms. The van der Waals surface area contributed by atoms with Crippen molar-refractivity contribution < 1.29 is 4.74 Å². The molecule has 24 heavy (non-hydrogen) atoms. The quantitative estimate of drug-likeness (QED) is 0.181. The second-order valence-corrected chi connectivity index (χ2v) is 5.81. The van der Waals surface area contributed by atoms with Crippen molar-refractivity contribution >= 4 is 29.9 Å². The summed E-state index contributed by atoms with van der Waals surface area (Å²) in [7, 11) is 5.72. The summed E-state index contributed by atoms with van der Waals surface area (Å²) in [5.41, 5.74) is 0. The number of halogens is 1. The first-order valence-corrected chi connectivity index (χ1v) is 9.02. The molecule has 0 fully saturated rings. The zero-order valence-corrected chi connectivity index (χ0v) is 18.8. The predicted molar refractivity (Wildman–Crippen MR) is 116 cm³/mol. The number of guanidine groups is 1. The fourth-order valence-electron chi connectivity index (χ4n) is 2.38. The number of nitrogens with zero attached hydrogens (tertiary/aromatic N) is 3. The van der Waals surface area contributed by atoms with E-state index in [9.17, 15) is 0 Å². The molecule has 2 N–H and O–H groups in total. The number of aliphatic imine (C=N–C) groups is 1. The van der Waals surface area contributed by atoms with Crippen LogP contribution in [0.25, 0.3) is 0 Å². The van der Waals surface area contributed by atoms with Crippen molar-refractivity contribution in [2.24, 2.45) is 4.99 Å². The number of likely N-dealkylation sites (N-methyl/N-ethyl adjacent to an activating group) is 1. The maximum absolute atomic E-state index is 5.07. The lowest BCUT2D eigenvalue weighted by Gasteiger charge is -2.19. The molecule has 146 valence electrons. The first-order chi connectivity index (χ1) is 11.2. The molecule has 0 aliphatic rings. The Morgan fingerprint density at radius 3 is 2.21 bits per heavy atom. The summed E-state index contributed by atoms with van der Waals surface area (Å²) in [6.45, 7) is 12.7.